The normalized spacial score (nSPS) is 10.7. The Morgan fingerprint density at radius 2 is 2.29 bits per heavy atom. The van der Waals surface area contributed by atoms with E-state index in [9.17, 15) is 9.18 Å². The van der Waals surface area contributed by atoms with Gasteiger partial charge in [0.2, 0.25) is 0 Å². The number of carbonyl (C=O) groups is 1. The molecule has 0 aliphatic carbocycles. The minimum atomic E-state index is -0.634. The monoisotopic (exact) mass is 312 g/mol. The molecule has 1 aromatic heterocycles. The van der Waals surface area contributed by atoms with Crippen molar-refractivity contribution >= 4 is 17.5 Å². The maximum atomic E-state index is 13.9. The lowest BCUT2D eigenvalue weighted by Crippen LogP contribution is -2.33. The van der Waals surface area contributed by atoms with Crippen molar-refractivity contribution in [3.8, 4) is 5.69 Å². The molecule has 2 rings (SSSR count). The van der Waals surface area contributed by atoms with E-state index in [4.69, 9.17) is 16.7 Å². The average Bonchev–Trinajstić information content (AvgIpc) is 2.96. The largest absolute Gasteiger partial charge is 0.395 e. The van der Waals surface area contributed by atoms with E-state index in [1.165, 1.54) is 23.2 Å². The third kappa shape index (κ3) is 3.20. The Balaban J connectivity index is 2.29. The minimum Gasteiger partial charge on any atom is -0.395 e. The van der Waals surface area contributed by atoms with Gasteiger partial charge in [-0.1, -0.05) is 22.9 Å². The number of aliphatic hydroxyl groups excluding tert-OH is 1. The van der Waals surface area contributed by atoms with Gasteiger partial charge in [-0.3, -0.25) is 4.79 Å². The highest BCUT2D eigenvalue weighted by Gasteiger charge is 2.19. The molecule has 112 valence electrons. The smallest absolute Gasteiger partial charge is 0.276 e. The molecule has 0 saturated carbocycles. The maximum Gasteiger partial charge on any atom is 0.276 e. The van der Waals surface area contributed by atoms with E-state index in [2.05, 4.69) is 10.3 Å². The Hall–Kier alpha value is -1.99. The quantitative estimate of drug-likeness (QED) is 0.908. The van der Waals surface area contributed by atoms with E-state index >= 15 is 0 Å². The molecular formula is C13H14ClFN4O2. The molecule has 21 heavy (non-hydrogen) atoms. The Labute approximate surface area is 125 Å². The molecule has 6 nitrogen and oxygen atoms in total. The number of nitrogens with zero attached hydrogens (tertiary/aromatic N) is 4. The van der Waals surface area contributed by atoms with Crippen LogP contribution in [0.2, 0.25) is 5.02 Å². The fourth-order valence-corrected chi connectivity index (χ4v) is 2.00. The summed E-state index contributed by atoms with van der Waals surface area (Å²) in [5.41, 5.74) is 0.184. The lowest BCUT2D eigenvalue weighted by molar-refractivity contribution is 0.0726. The third-order valence-electron chi connectivity index (χ3n) is 2.93. The number of hydrogen-bond donors (Lipinski definition) is 1. The molecule has 8 heteroatoms. The number of amides is 1. The zero-order chi connectivity index (χ0) is 15.4. The summed E-state index contributed by atoms with van der Waals surface area (Å²) in [4.78, 5) is 13.6. The van der Waals surface area contributed by atoms with Gasteiger partial charge in [-0.05, 0) is 19.1 Å². The van der Waals surface area contributed by atoms with Crippen molar-refractivity contribution in [2.45, 2.75) is 6.92 Å². The summed E-state index contributed by atoms with van der Waals surface area (Å²) in [5.74, 6) is -1.01. The fraction of sp³-hybridized carbons (Fsp3) is 0.308. The third-order valence-corrected chi connectivity index (χ3v) is 3.22. The van der Waals surface area contributed by atoms with E-state index in [1.54, 1.807) is 13.0 Å². The molecule has 0 bridgehead atoms. The summed E-state index contributed by atoms with van der Waals surface area (Å²) in [5, 5.41) is 16.4. The molecule has 0 atom stereocenters. The van der Waals surface area contributed by atoms with Gasteiger partial charge in [0, 0.05) is 13.1 Å². The van der Waals surface area contributed by atoms with Gasteiger partial charge in [0.05, 0.1) is 17.8 Å². The van der Waals surface area contributed by atoms with E-state index in [0.717, 1.165) is 4.68 Å². The van der Waals surface area contributed by atoms with Crippen LogP contribution in [0.15, 0.2) is 24.4 Å². The second kappa shape index (κ2) is 6.64. The van der Waals surface area contributed by atoms with Crippen LogP contribution in [0, 0.1) is 5.82 Å². The van der Waals surface area contributed by atoms with Crippen molar-refractivity contribution in [3.05, 3.63) is 40.9 Å². The first kappa shape index (κ1) is 15.4. The Kier molecular flexibility index (Phi) is 4.87. The van der Waals surface area contributed by atoms with Crippen LogP contribution in [-0.2, 0) is 0 Å². The Bertz CT molecular complexity index is 647. The predicted octanol–water partition coefficient (Wildman–Crippen LogP) is 1.51. The van der Waals surface area contributed by atoms with Crippen LogP contribution in [0.25, 0.3) is 5.69 Å². The number of benzene rings is 1. The molecule has 0 unspecified atom stereocenters. The first-order valence-corrected chi connectivity index (χ1v) is 6.73. The Morgan fingerprint density at radius 3 is 2.95 bits per heavy atom. The second-order valence-electron chi connectivity index (χ2n) is 4.23. The predicted molar refractivity (Wildman–Crippen MR) is 75.0 cm³/mol. The van der Waals surface area contributed by atoms with Crippen LogP contribution >= 0.6 is 11.6 Å². The molecule has 0 aliphatic heterocycles. The summed E-state index contributed by atoms with van der Waals surface area (Å²) >= 11 is 5.71. The van der Waals surface area contributed by atoms with Crippen LogP contribution in [0.3, 0.4) is 0 Å². The van der Waals surface area contributed by atoms with Crippen molar-refractivity contribution < 1.29 is 14.3 Å². The van der Waals surface area contributed by atoms with Crippen molar-refractivity contribution in [1.29, 1.82) is 0 Å². The van der Waals surface area contributed by atoms with Crippen molar-refractivity contribution in [1.82, 2.24) is 19.9 Å². The van der Waals surface area contributed by atoms with Crippen LogP contribution in [0.1, 0.15) is 17.4 Å². The fourth-order valence-electron chi connectivity index (χ4n) is 1.83. The summed E-state index contributed by atoms with van der Waals surface area (Å²) in [7, 11) is 0. The van der Waals surface area contributed by atoms with Gasteiger partial charge >= 0.3 is 0 Å². The zero-order valence-corrected chi connectivity index (χ0v) is 12.1. The standard InChI is InChI=1S/C13H14ClFN4O2/c1-2-18(6-7-20)13(21)10-8-19(17-16-10)11-5-3-4-9(14)12(11)15/h3-5,8,20H,2,6-7H2,1H3. The van der Waals surface area contributed by atoms with Gasteiger partial charge in [-0.25, -0.2) is 9.07 Å². The number of aromatic nitrogens is 3. The summed E-state index contributed by atoms with van der Waals surface area (Å²) < 4.78 is 15.0. The van der Waals surface area contributed by atoms with Gasteiger partial charge in [0.15, 0.2) is 11.5 Å². The number of halogens is 2. The number of carbonyl (C=O) groups excluding carboxylic acids is 1. The van der Waals surface area contributed by atoms with Gasteiger partial charge in [0.25, 0.3) is 5.91 Å². The van der Waals surface area contributed by atoms with Crippen LogP contribution in [0.4, 0.5) is 4.39 Å². The molecule has 0 saturated heterocycles. The van der Waals surface area contributed by atoms with Gasteiger partial charge in [-0.2, -0.15) is 0 Å². The molecule has 1 heterocycles. The molecule has 0 radical (unpaired) electrons. The minimum absolute atomic E-state index is 0.0358. The highest BCUT2D eigenvalue weighted by atomic mass is 35.5. The van der Waals surface area contributed by atoms with Crippen molar-refractivity contribution in [2.24, 2.45) is 0 Å². The first-order chi connectivity index (χ1) is 10.1. The maximum absolute atomic E-state index is 13.9. The van der Waals surface area contributed by atoms with Crippen molar-refractivity contribution in [2.75, 3.05) is 19.7 Å². The number of rotatable bonds is 5. The van der Waals surface area contributed by atoms with Crippen LogP contribution in [-0.4, -0.2) is 50.6 Å². The number of hydrogen-bond acceptors (Lipinski definition) is 4. The number of likely N-dealkylation sites (N-methyl/N-ethyl adjacent to an activating group) is 1. The molecular weight excluding hydrogens is 299 g/mol. The van der Waals surface area contributed by atoms with E-state index in [0.29, 0.717) is 6.54 Å². The summed E-state index contributed by atoms with van der Waals surface area (Å²) in [6, 6.07) is 4.48. The zero-order valence-electron chi connectivity index (χ0n) is 11.3. The first-order valence-electron chi connectivity index (χ1n) is 6.35. The molecule has 1 N–H and O–H groups in total. The molecule has 0 fully saturated rings. The lowest BCUT2D eigenvalue weighted by atomic mass is 10.3. The lowest BCUT2D eigenvalue weighted by Gasteiger charge is -2.17. The van der Waals surface area contributed by atoms with E-state index in [-0.39, 0.29) is 35.5 Å². The molecule has 0 aliphatic rings. The Morgan fingerprint density at radius 1 is 1.52 bits per heavy atom. The van der Waals surface area contributed by atoms with E-state index in [1.807, 2.05) is 0 Å². The number of aliphatic hydroxyl groups is 1. The highest BCUT2D eigenvalue weighted by Crippen LogP contribution is 2.20. The second-order valence-corrected chi connectivity index (χ2v) is 4.64. The average molecular weight is 313 g/mol. The SMILES string of the molecule is CCN(CCO)C(=O)c1cn(-c2cccc(Cl)c2F)nn1. The van der Waals surface area contributed by atoms with E-state index < -0.39 is 5.82 Å². The van der Waals surface area contributed by atoms with Gasteiger partial charge in [0.1, 0.15) is 5.69 Å². The molecule has 2 aromatic rings. The molecule has 1 amide bonds. The molecule has 1 aromatic carbocycles. The van der Waals surface area contributed by atoms with Gasteiger partial charge in [-0.15, -0.1) is 5.10 Å². The summed E-state index contributed by atoms with van der Waals surface area (Å²) in [6.45, 7) is 2.27. The highest BCUT2D eigenvalue weighted by molar-refractivity contribution is 6.30. The van der Waals surface area contributed by atoms with Crippen molar-refractivity contribution in [3.63, 3.8) is 0 Å². The molecule has 0 spiro atoms. The van der Waals surface area contributed by atoms with Gasteiger partial charge < -0.3 is 10.0 Å². The van der Waals surface area contributed by atoms with Crippen LogP contribution < -0.4 is 0 Å². The topological polar surface area (TPSA) is 71.2 Å². The van der Waals surface area contributed by atoms with Crippen LogP contribution in [0.5, 0.6) is 0 Å². The summed E-state index contributed by atoms with van der Waals surface area (Å²) in [6.07, 6.45) is 1.33.